The van der Waals surface area contributed by atoms with Gasteiger partial charge >= 0.3 is 6.18 Å². The molecular weight excluding hydrogens is 279 g/mol. The van der Waals surface area contributed by atoms with E-state index >= 15 is 0 Å². The number of Topliss-reactive ketones (excluding diaryl/α,β-unsaturated/α-hetero) is 1. The summed E-state index contributed by atoms with van der Waals surface area (Å²) >= 11 is 0. The molecule has 1 aromatic rings. The van der Waals surface area contributed by atoms with Crippen molar-refractivity contribution in [3.8, 4) is 0 Å². The van der Waals surface area contributed by atoms with E-state index in [0.29, 0.717) is 30.0 Å². The zero-order chi connectivity index (χ0) is 16.0. The number of alkyl halides is 3. The van der Waals surface area contributed by atoms with Crippen molar-refractivity contribution >= 4 is 5.78 Å². The molecule has 0 radical (unpaired) electrons. The summed E-state index contributed by atoms with van der Waals surface area (Å²) in [6, 6.07) is 3.28. The maximum atomic E-state index is 12.6. The van der Waals surface area contributed by atoms with Crippen LogP contribution in [0.2, 0.25) is 0 Å². The van der Waals surface area contributed by atoms with E-state index in [1.807, 2.05) is 6.92 Å². The van der Waals surface area contributed by atoms with Crippen molar-refractivity contribution in [2.24, 2.45) is 11.7 Å². The molecule has 0 aliphatic rings. The second-order valence-corrected chi connectivity index (χ2v) is 5.34. The molecular formula is C16H22F3NO. The molecule has 1 unspecified atom stereocenters. The van der Waals surface area contributed by atoms with Gasteiger partial charge in [0.05, 0.1) is 5.56 Å². The van der Waals surface area contributed by atoms with E-state index in [2.05, 4.69) is 0 Å². The average Bonchev–Trinajstić information content (AvgIpc) is 2.41. The van der Waals surface area contributed by atoms with Crippen LogP contribution in [-0.2, 0) is 6.18 Å². The van der Waals surface area contributed by atoms with Gasteiger partial charge in [-0.1, -0.05) is 19.4 Å². The van der Waals surface area contributed by atoms with E-state index in [0.717, 1.165) is 31.4 Å². The highest BCUT2D eigenvalue weighted by atomic mass is 19.4. The molecule has 1 aromatic carbocycles. The molecule has 0 aliphatic carbocycles. The highest BCUT2D eigenvalue weighted by Gasteiger charge is 2.30. The largest absolute Gasteiger partial charge is 0.416 e. The van der Waals surface area contributed by atoms with E-state index in [1.54, 1.807) is 6.92 Å². The second kappa shape index (κ2) is 7.59. The van der Waals surface area contributed by atoms with Crippen LogP contribution in [0.1, 0.15) is 54.1 Å². The molecule has 0 heterocycles. The minimum Gasteiger partial charge on any atom is -0.330 e. The first-order valence-electron chi connectivity index (χ1n) is 7.20. The van der Waals surface area contributed by atoms with Crippen LogP contribution >= 0.6 is 0 Å². The minimum absolute atomic E-state index is 0.100. The van der Waals surface area contributed by atoms with Crippen molar-refractivity contribution in [2.75, 3.05) is 6.54 Å². The van der Waals surface area contributed by atoms with Gasteiger partial charge in [-0.05, 0) is 49.9 Å². The van der Waals surface area contributed by atoms with Crippen molar-refractivity contribution in [2.45, 2.75) is 45.7 Å². The lowest BCUT2D eigenvalue weighted by molar-refractivity contribution is -0.137. The molecule has 1 atom stereocenters. The van der Waals surface area contributed by atoms with E-state index in [1.165, 1.54) is 6.07 Å². The molecule has 2 N–H and O–H groups in total. The maximum absolute atomic E-state index is 12.6. The van der Waals surface area contributed by atoms with Gasteiger partial charge < -0.3 is 5.73 Å². The molecule has 0 aliphatic heterocycles. The summed E-state index contributed by atoms with van der Waals surface area (Å²) in [5.41, 5.74) is 5.55. The average molecular weight is 301 g/mol. The van der Waals surface area contributed by atoms with Gasteiger partial charge in [0.1, 0.15) is 0 Å². The van der Waals surface area contributed by atoms with Gasteiger partial charge in [-0.25, -0.2) is 0 Å². The summed E-state index contributed by atoms with van der Waals surface area (Å²) in [5, 5.41) is 0. The van der Waals surface area contributed by atoms with Gasteiger partial charge in [0.15, 0.2) is 5.78 Å². The molecule has 1 rings (SSSR count). The summed E-state index contributed by atoms with van der Waals surface area (Å²) < 4.78 is 37.8. The lowest BCUT2D eigenvalue weighted by Gasteiger charge is -2.14. The van der Waals surface area contributed by atoms with Gasteiger partial charge in [-0.3, -0.25) is 4.79 Å². The number of carbonyl (C=O) groups is 1. The highest BCUT2D eigenvalue weighted by Crippen LogP contribution is 2.30. The lowest BCUT2D eigenvalue weighted by atomic mass is 9.92. The first kappa shape index (κ1) is 17.7. The Labute approximate surface area is 123 Å². The Morgan fingerprint density at radius 3 is 2.43 bits per heavy atom. The molecule has 118 valence electrons. The molecule has 5 heteroatoms. The third-order valence-corrected chi connectivity index (χ3v) is 3.79. The summed E-state index contributed by atoms with van der Waals surface area (Å²) in [6.45, 7) is 4.18. The van der Waals surface area contributed by atoms with Crippen LogP contribution in [0.25, 0.3) is 0 Å². The van der Waals surface area contributed by atoms with Crippen LogP contribution in [0.4, 0.5) is 13.2 Å². The van der Waals surface area contributed by atoms with E-state index < -0.39 is 11.7 Å². The van der Waals surface area contributed by atoms with Crippen molar-refractivity contribution in [1.29, 1.82) is 0 Å². The highest BCUT2D eigenvalue weighted by molar-refractivity contribution is 5.97. The summed E-state index contributed by atoms with van der Waals surface area (Å²) in [5.74, 6) is 0.297. The molecule has 0 bridgehead atoms. The summed E-state index contributed by atoms with van der Waals surface area (Å²) in [4.78, 5) is 12.1. The number of halogens is 3. The van der Waals surface area contributed by atoms with Gasteiger partial charge in [0, 0.05) is 12.0 Å². The first-order valence-corrected chi connectivity index (χ1v) is 7.20. The molecule has 0 spiro atoms. The van der Waals surface area contributed by atoms with Crippen molar-refractivity contribution in [1.82, 2.24) is 0 Å². The van der Waals surface area contributed by atoms with E-state index in [9.17, 15) is 18.0 Å². The number of ketones is 1. The third-order valence-electron chi connectivity index (χ3n) is 3.79. The number of nitrogens with two attached hydrogens (primary N) is 1. The van der Waals surface area contributed by atoms with Gasteiger partial charge in [-0.2, -0.15) is 13.2 Å². The second-order valence-electron chi connectivity index (χ2n) is 5.34. The molecule has 0 saturated carbocycles. The normalized spacial score (nSPS) is 13.2. The zero-order valence-electron chi connectivity index (χ0n) is 12.5. The number of hydrogen-bond acceptors (Lipinski definition) is 2. The summed E-state index contributed by atoms with van der Waals surface area (Å²) in [7, 11) is 0. The molecule has 21 heavy (non-hydrogen) atoms. The fourth-order valence-electron chi connectivity index (χ4n) is 2.41. The van der Waals surface area contributed by atoms with Crippen molar-refractivity contribution in [3.63, 3.8) is 0 Å². The molecule has 2 nitrogen and oxygen atoms in total. The van der Waals surface area contributed by atoms with Crippen LogP contribution in [0, 0.1) is 12.8 Å². The maximum Gasteiger partial charge on any atom is 0.416 e. The SMILES string of the molecule is CCC(CCN)CCC(=O)c1ccc(C(F)(F)F)cc1C. The number of hydrogen-bond donors (Lipinski definition) is 1. The number of rotatable bonds is 7. The Hall–Kier alpha value is -1.36. The van der Waals surface area contributed by atoms with E-state index in [4.69, 9.17) is 5.73 Å². The lowest BCUT2D eigenvalue weighted by Crippen LogP contribution is -2.11. The molecule has 0 fully saturated rings. The third kappa shape index (κ3) is 5.16. The molecule has 0 amide bonds. The first-order chi connectivity index (χ1) is 9.79. The van der Waals surface area contributed by atoms with Crippen LogP contribution in [-0.4, -0.2) is 12.3 Å². The Kier molecular flexibility index (Phi) is 6.40. The fraction of sp³-hybridized carbons (Fsp3) is 0.562. The van der Waals surface area contributed by atoms with Gasteiger partial charge in [0.25, 0.3) is 0 Å². The topological polar surface area (TPSA) is 43.1 Å². The van der Waals surface area contributed by atoms with Crippen molar-refractivity contribution in [3.05, 3.63) is 34.9 Å². The fourth-order valence-corrected chi connectivity index (χ4v) is 2.41. The van der Waals surface area contributed by atoms with Gasteiger partial charge in [0.2, 0.25) is 0 Å². The predicted octanol–water partition coefficient (Wildman–Crippen LogP) is 4.35. The van der Waals surface area contributed by atoms with Crippen molar-refractivity contribution < 1.29 is 18.0 Å². The monoisotopic (exact) mass is 301 g/mol. The Morgan fingerprint density at radius 1 is 1.29 bits per heavy atom. The number of carbonyl (C=O) groups excluding carboxylic acids is 1. The predicted molar refractivity (Wildman–Crippen MR) is 77.2 cm³/mol. The minimum atomic E-state index is -4.37. The Balaban J connectivity index is 2.75. The number of benzene rings is 1. The van der Waals surface area contributed by atoms with Crippen LogP contribution in [0.3, 0.4) is 0 Å². The smallest absolute Gasteiger partial charge is 0.330 e. The van der Waals surface area contributed by atoms with Crippen LogP contribution in [0.15, 0.2) is 18.2 Å². The molecule has 0 saturated heterocycles. The van der Waals surface area contributed by atoms with Crippen LogP contribution < -0.4 is 5.73 Å². The quantitative estimate of drug-likeness (QED) is 0.761. The Bertz CT molecular complexity index is 483. The van der Waals surface area contributed by atoms with E-state index in [-0.39, 0.29) is 5.78 Å². The number of aryl methyl sites for hydroxylation is 1. The zero-order valence-corrected chi connectivity index (χ0v) is 12.5. The van der Waals surface area contributed by atoms with Gasteiger partial charge in [-0.15, -0.1) is 0 Å². The molecule has 0 aromatic heterocycles. The van der Waals surface area contributed by atoms with Crippen LogP contribution in [0.5, 0.6) is 0 Å². The Morgan fingerprint density at radius 2 is 1.95 bits per heavy atom. The standard InChI is InChI=1S/C16H22F3NO/c1-3-12(8-9-20)4-7-15(21)14-6-5-13(10-11(14)2)16(17,18)19/h5-6,10,12H,3-4,7-9,20H2,1-2H3. The summed E-state index contributed by atoms with van der Waals surface area (Å²) in [6.07, 6.45) is -1.47.